The standard InChI is InChI=1S/C13H12N2O5/c1-7-6-10(16)8(2)5-9(7)14-13(17)11-3-4-12(20-11)15(18)19/h3-6,16H,1-2H3,(H,14,17). The SMILES string of the molecule is Cc1cc(NC(=O)c2ccc([N+](=O)[O-])o2)c(C)cc1O. The van der Waals surface area contributed by atoms with Gasteiger partial charge in [-0.3, -0.25) is 14.9 Å². The van der Waals surface area contributed by atoms with Crippen LogP contribution >= 0.6 is 0 Å². The first kappa shape index (κ1) is 13.6. The highest BCUT2D eigenvalue weighted by atomic mass is 16.6. The molecule has 0 saturated carbocycles. The summed E-state index contributed by atoms with van der Waals surface area (Å²) in [4.78, 5) is 21.7. The maximum atomic E-state index is 11.9. The second-order valence-corrected chi connectivity index (χ2v) is 4.30. The van der Waals surface area contributed by atoms with E-state index in [0.717, 1.165) is 6.07 Å². The number of hydrogen-bond acceptors (Lipinski definition) is 5. The minimum Gasteiger partial charge on any atom is -0.508 e. The lowest BCUT2D eigenvalue weighted by Gasteiger charge is -2.09. The summed E-state index contributed by atoms with van der Waals surface area (Å²) in [7, 11) is 0. The lowest BCUT2D eigenvalue weighted by molar-refractivity contribution is -0.402. The van der Waals surface area contributed by atoms with Gasteiger partial charge in [0.25, 0.3) is 5.91 Å². The van der Waals surface area contributed by atoms with Crippen LogP contribution < -0.4 is 5.32 Å². The summed E-state index contributed by atoms with van der Waals surface area (Å²) >= 11 is 0. The van der Waals surface area contributed by atoms with Crippen molar-refractivity contribution in [2.24, 2.45) is 0 Å². The van der Waals surface area contributed by atoms with E-state index in [0.29, 0.717) is 16.8 Å². The largest absolute Gasteiger partial charge is 0.508 e. The number of aromatic hydroxyl groups is 1. The van der Waals surface area contributed by atoms with Gasteiger partial charge in [0.2, 0.25) is 0 Å². The number of rotatable bonds is 3. The molecular weight excluding hydrogens is 264 g/mol. The lowest BCUT2D eigenvalue weighted by Crippen LogP contribution is -2.12. The Bertz CT molecular complexity index is 690. The van der Waals surface area contributed by atoms with Crippen molar-refractivity contribution >= 4 is 17.5 Å². The van der Waals surface area contributed by atoms with Gasteiger partial charge in [0.05, 0.1) is 6.07 Å². The van der Waals surface area contributed by atoms with Crippen LogP contribution in [-0.4, -0.2) is 15.9 Å². The van der Waals surface area contributed by atoms with Crippen LogP contribution in [0.1, 0.15) is 21.7 Å². The monoisotopic (exact) mass is 276 g/mol. The number of nitrogens with zero attached hydrogens (tertiary/aromatic N) is 1. The van der Waals surface area contributed by atoms with Crippen LogP contribution in [0.4, 0.5) is 11.6 Å². The smallest absolute Gasteiger partial charge is 0.433 e. The molecule has 0 saturated heterocycles. The van der Waals surface area contributed by atoms with Gasteiger partial charge in [0.1, 0.15) is 10.7 Å². The fourth-order valence-corrected chi connectivity index (χ4v) is 1.67. The molecule has 1 amide bonds. The Morgan fingerprint density at radius 3 is 2.60 bits per heavy atom. The minimum absolute atomic E-state index is 0.133. The molecule has 0 spiro atoms. The molecule has 0 aliphatic heterocycles. The summed E-state index contributed by atoms with van der Waals surface area (Å²) in [5.41, 5.74) is 1.78. The fourth-order valence-electron chi connectivity index (χ4n) is 1.67. The Kier molecular flexibility index (Phi) is 3.43. The molecule has 2 aromatic rings. The van der Waals surface area contributed by atoms with E-state index in [1.54, 1.807) is 19.9 Å². The van der Waals surface area contributed by atoms with E-state index in [9.17, 15) is 20.0 Å². The Balaban J connectivity index is 2.23. The van der Waals surface area contributed by atoms with Crippen LogP contribution in [0.15, 0.2) is 28.7 Å². The highest BCUT2D eigenvalue weighted by Crippen LogP contribution is 2.26. The summed E-state index contributed by atoms with van der Waals surface area (Å²) in [6.45, 7) is 3.42. The molecule has 1 aromatic carbocycles. The van der Waals surface area contributed by atoms with Crippen molar-refractivity contribution in [2.75, 3.05) is 5.32 Å². The number of benzene rings is 1. The number of nitro groups is 1. The second kappa shape index (κ2) is 5.04. The molecule has 7 nitrogen and oxygen atoms in total. The van der Waals surface area contributed by atoms with Crippen molar-refractivity contribution in [3.63, 3.8) is 0 Å². The van der Waals surface area contributed by atoms with Gasteiger partial charge in [-0.15, -0.1) is 0 Å². The van der Waals surface area contributed by atoms with Crippen molar-refractivity contribution in [2.45, 2.75) is 13.8 Å². The zero-order chi connectivity index (χ0) is 14.9. The molecule has 2 rings (SSSR count). The molecule has 0 unspecified atom stereocenters. The topological polar surface area (TPSA) is 106 Å². The first-order chi connectivity index (χ1) is 9.38. The molecule has 0 bridgehead atoms. The van der Waals surface area contributed by atoms with E-state index in [4.69, 9.17) is 4.42 Å². The Hall–Kier alpha value is -2.83. The van der Waals surface area contributed by atoms with Gasteiger partial charge in [-0.05, 0) is 43.2 Å². The number of nitrogens with one attached hydrogen (secondary N) is 1. The third kappa shape index (κ3) is 2.61. The van der Waals surface area contributed by atoms with Gasteiger partial charge in [0, 0.05) is 5.69 Å². The summed E-state index contributed by atoms with van der Waals surface area (Å²) < 4.78 is 4.81. The summed E-state index contributed by atoms with van der Waals surface area (Å²) in [6, 6.07) is 5.48. The molecule has 0 aliphatic carbocycles. The highest BCUT2D eigenvalue weighted by molar-refractivity contribution is 6.02. The summed E-state index contributed by atoms with van der Waals surface area (Å²) in [5, 5.41) is 22.6. The van der Waals surface area contributed by atoms with E-state index >= 15 is 0 Å². The molecule has 20 heavy (non-hydrogen) atoms. The predicted octanol–water partition coefficient (Wildman–Crippen LogP) is 2.76. The molecule has 1 aromatic heterocycles. The number of carbonyl (C=O) groups excluding carboxylic acids is 1. The van der Waals surface area contributed by atoms with Crippen molar-refractivity contribution in [1.82, 2.24) is 0 Å². The maximum Gasteiger partial charge on any atom is 0.433 e. The van der Waals surface area contributed by atoms with Crippen molar-refractivity contribution in [3.8, 4) is 5.75 Å². The predicted molar refractivity (Wildman–Crippen MR) is 70.9 cm³/mol. The molecule has 0 fully saturated rings. The highest BCUT2D eigenvalue weighted by Gasteiger charge is 2.18. The van der Waals surface area contributed by atoms with Crippen LogP contribution in [0.2, 0.25) is 0 Å². The molecule has 104 valence electrons. The summed E-state index contributed by atoms with van der Waals surface area (Å²) in [5.74, 6) is -1.10. The number of aryl methyl sites for hydroxylation is 2. The van der Waals surface area contributed by atoms with Crippen LogP contribution in [0.25, 0.3) is 0 Å². The van der Waals surface area contributed by atoms with Gasteiger partial charge >= 0.3 is 5.88 Å². The van der Waals surface area contributed by atoms with Gasteiger partial charge in [-0.1, -0.05) is 0 Å². The first-order valence-corrected chi connectivity index (χ1v) is 5.74. The fraction of sp³-hybridized carbons (Fsp3) is 0.154. The zero-order valence-electron chi connectivity index (χ0n) is 10.8. The van der Waals surface area contributed by atoms with Crippen LogP contribution in [0.5, 0.6) is 5.75 Å². The van der Waals surface area contributed by atoms with E-state index in [1.807, 2.05) is 0 Å². The van der Waals surface area contributed by atoms with E-state index < -0.39 is 16.7 Å². The van der Waals surface area contributed by atoms with Crippen LogP contribution in [0.3, 0.4) is 0 Å². The Labute approximate surface area is 114 Å². The van der Waals surface area contributed by atoms with E-state index in [-0.39, 0.29) is 11.5 Å². The normalized spacial score (nSPS) is 10.3. The van der Waals surface area contributed by atoms with Gasteiger partial charge in [0.15, 0.2) is 5.76 Å². The number of furan rings is 1. The molecule has 2 N–H and O–H groups in total. The third-order valence-corrected chi connectivity index (χ3v) is 2.79. The Morgan fingerprint density at radius 1 is 1.30 bits per heavy atom. The number of carbonyl (C=O) groups is 1. The maximum absolute atomic E-state index is 11.9. The molecule has 1 heterocycles. The number of amides is 1. The second-order valence-electron chi connectivity index (χ2n) is 4.30. The van der Waals surface area contributed by atoms with Crippen molar-refractivity contribution in [1.29, 1.82) is 0 Å². The minimum atomic E-state index is -0.716. The lowest BCUT2D eigenvalue weighted by atomic mass is 10.1. The van der Waals surface area contributed by atoms with Gasteiger partial charge < -0.3 is 14.8 Å². The summed E-state index contributed by atoms with van der Waals surface area (Å²) in [6.07, 6.45) is 0. The van der Waals surface area contributed by atoms with Gasteiger partial charge in [-0.2, -0.15) is 0 Å². The molecule has 0 atom stereocenters. The molecule has 7 heteroatoms. The van der Waals surface area contributed by atoms with Crippen LogP contribution in [0, 0.1) is 24.0 Å². The van der Waals surface area contributed by atoms with E-state index in [1.165, 1.54) is 12.1 Å². The average Bonchev–Trinajstić information content (AvgIpc) is 2.85. The van der Waals surface area contributed by atoms with Crippen LogP contribution in [-0.2, 0) is 0 Å². The number of phenolic OH excluding ortho intramolecular Hbond substituents is 1. The third-order valence-electron chi connectivity index (χ3n) is 2.79. The number of hydrogen-bond donors (Lipinski definition) is 2. The van der Waals surface area contributed by atoms with E-state index in [2.05, 4.69) is 5.32 Å². The number of phenols is 1. The average molecular weight is 276 g/mol. The zero-order valence-corrected chi connectivity index (χ0v) is 10.8. The number of anilines is 1. The molecule has 0 aliphatic rings. The first-order valence-electron chi connectivity index (χ1n) is 5.74. The van der Waals surface area contributed by atoms with Gasteiger partial charge in [-0.25, -0.2) is 0 Å². The molecular formula is C13H12N2O5. The Morgan fingerprint density at radius 2 is 2.00 bits per heavy atom. The van der Waals surface area contributed by atoms with Crippen molar-refractivity contribution < 1.29 is 19.2 Å². The quantitative estimate of drug-likeness (QED) is 0.509. The van der Waals surface area contributed by atoms with Crippen molar-refractivity contribution in [3.05, 3.63) is 51.3 Å². The molecule has 0 radical (unpaired) electrons.